The van der Waals surface area contributed by atoms with Gasteiger partial charge in [-0.05, 0) is 23.6 Å². The molecule has 0 radical (unpaired) electrons. The van der Waals surface area contributed by atoms with Crippen molar-refractivity contribution >= 4 is 44.9 Å². The largest absolute Gasteiger partial charge is 0.316 e. The first-order valence-electron chi connectivity index (χ1n) is 5.01. The molecule has 1 aliphatic heterocycles. The van der Waals surface area contributed by atoms with Crippen LogP contribution in [0.2, 0.25) is 0 Å². The molecule has 0 spiro atoms. The van der Waals surface area contributed by atoms with Gasteiger partial charge in [-0.25, -0.2) is 0 Å². The van der Waals surface area contributed by atoms with Gasteiger partial charge in [0.25, 0.3) is 0 Å². The first-order chi connectivity index (χ1) is 8.11. The van der Waals surface area contributed by atoms with Gasteiger partial charge in [-0.1, -0.05) is 40.3 Å². The molecule has 86 valence electrons. The standard InChI is InChI=1S/C12H9BrN2OS/c13-8-3-1-7(2-4-8)9-5-11(16)15-12(17)10(9)6-14/h1-4,9,14H,5H2,(H,15,16,17). The lowest BCUT2D eigenvalue weighted by Gasteiger charge is -2.24. The summed E-state index contributed by atoms with van der Waals surface area (Å²) in [6, 6.07) is 7.67. The number of carbonyl (C=O) groups excluding carboxylic acids is 1. The van der Waals surface area contributed by atoms with Gasteiger partial charge in [0.05, 0.1) is 5.57 Å². The second-order valence-electron chi connectivity index (χ2n) is 3.72. The highest BCUT2D eigenvalue weighted by molar-refractivity contribution is 9.10. The maximum absolute atomic E-state index is 11.5. The maximum atomic E-state index is 11.5. The summed E-state index contributed by atoms with van der Waals surface area (Å²) in [5, 5.41) is 9.84. The Labute approximate surface area is 113 Å². The SMILES string of the molecule is N=C=C1C(=S)NC(=O)CC1c1ccc(Br)cc1. The van der Waals surface area contributed by atoms with Crippen molar-refractivity contribution in [3.63, 3.8) is 0 Å². The van der Waals surface area contributed by atoms with Crippen molar-refractivity contribution in [2.75, 3.05) is 0 Å². The van der Waals surface area contributed by atoms with Gasteiger partial charge in [0.15, 0.2) is 0 Å². The molecule has 1 fully saturated rings. The highest BCUT2D eigenvalue weighted by Gasteiger charge is 2.29. The van der Waals surface area contributed by atoms with E-state index in [0.29, 0.717) is 17.0 Å². The van der Waals surface area contributed by atoms with Crippen LogP contribution in [0.25, 0.3) is 0 Å². The fraction of sp³-hybridized carbons (Fsp3) is 0.167. The Morgan fingerprint density at radius 1 is 1.41 bits per heavy atom. The number of amides is 1. The number of halogens is 1. The van der Waals surface area contributed by atoms with Crippen LogP contribution in [0.1, 0.15) is 17.9 Å². The Morgan fingerprint density at radius 3 is 2.65 bits per heavy atom. The predicted molar refractivity (Wildman–Crippen MR) is 73.5 cm³/mol. The van der Waals surface area contributed by atoms with Crippen LogP contribution in [-0.4, -0.2) is 16.8 Å². The molecule has 17 heavy (non-hydrogen) atoms. The zero-order valence-electron chi connectivity index (χ0n) is 8.79. The van der Waals surface area contributed by atoms with E-state index >= 15 is 0 Å². The van der Waals surface area contributed by atoms with Crippen LogP contribution in [0, 0.1) is 5.41 Å². The molecule has 2 N–H and O–H groups in total. The Hall–Kier alpha value is -1.29. The number of nitrogens with one attached hydrogen (secondary N) is 2. The topological polar surface area (TPSA) is 53.0 Å². The van der Waals surface area contributed by atoms with E-state index in [0.717, 1.165) is 10.0 Å². The summed E-state index contributed by atoms with van der Waals surface area (Å²) in [5.41, 5.74) is 1.54. The average Bonchev–Trinajstić information content (AvgIpc) is 2.29. The van der Waals surface area contributed by atoms with E-state index in [9.17, 15) is 4.79 Å². The molecule has 1 unspecified atom stereocenters. The second-order valence-corrected chi connectivity index (χ2v) is 5.05. The fourth-order valence-corrected chi connectivity index (χ4v) is 2.39. The fourth-order valence-electron chi connectivity index (χ4n) is 1.81. The van der Waals surface area contributed by atoms with Crippen molar-refractivity contribution < 1.29 is 4.79 Å². The van der Waals surface area contributed by atoms with Gasteiger partial charge in [0.2, 0.25) is 5.91 Å². The number of piperidine rings is 1. The number of carbonyl (C=O) groups is 1. The van der Waals surface area contributed by atoms with Crippen molar-refractivity contribution in [2.24, 2.45) is 0 Å². The van der Waals surface area contributed by atoms with Crippen LogP contribution < -0.4 is 5.32 Å². The molecule has 0 saturated carbocycles. The summed E-state index contributed by atoms with van der Waals surface area (Å²) >= 11 is 8.41. The van der Waals surface area contributed by atoms with Crippen LogP contribution in [0.15, 0.2) is 34.3 Å². The predicted octanol–water partition coefficient (Wildman–Crippen LogP) is 2.55. The van der Waals surface area contributed by atoms with Crippen LogP contribution in [0.3, 0.4) is 0 Å². The van der Waals surface area contributed by atoms with Gasteiger partial charge in [0.1, 0.15) is 4.99 Å². The number of hydrogen-bond donors (Lipinski definition) is 2. The van der Waals surface area contributed by atoms with E-state index in [2.05, 4.69) is 27.1 Å². The molecule has 1 aromatic rings. The molecule has 5 heteroatoms. The summed E-state index contributed by atoms with van der Waals surface area (Å²) in [6.07, 6.45) is 0.309. The highest BCUT2D eigenvalue weighted by atomic mass is 79.9. The Bertz CT molecular complexity index is 532. The minimum atomic E-state index is -0.165. The van der Waals surface area contributed by atoms with Gasteiger partial charge in [-0.15, -0.1) is 0 Å². The van der Waals surface area contributed by atoms with Crippen molar-refractivity contribution in [1.29, 1.82) is 5.41 Å². The Balaban J connectivity index is 2.41. The normalized spacial score (nSPS) is 19.8. The second kappa shape index (κ2) is 4.92. The molecule has 2 rings (SSSR count). The molecule has 0 bridgehead atoms. The smallest absolute Gasteiger partial charge is 0.226 e. The van der Waals surface area contributed by atoms with E-state index in [4.69, 9.17) is 17.6 Å². The van der Waals surface area contributed by atoms with E-state index < -0.39 is 0 Å². The minimum Gasteiger partial charge on any atom is -0.316 e. The van der Waals surface area contributed by atoms with E-state index in [-0.39, 0.29) is 11.8 Å². The maximum Gasteiger partial charge on any atom is 0.226 e. The molecule has 1 aliphatic rings. The summed E-state index contributed by atoms with van der Waals surface area (Å²) < 4.78 is 0.976. The summed E-state index contributed by atoms with van der Waals surface area (Å²) in [7, 11) is 0. The monoisotopic (exact) mass is 308 g/mol. The summed E-state index contributed by atoms with van der Waals surface area (Å²) in [4.78, 5) is 11.8. The quantitative estimate of drug-likeness (QED) is 0.476. The zero-order chi connectivity index (χ0) is 12.4. The molecule has 1 amide bonds. The molecule has 1 saturated heterocycles. The molecule has 3 nitrogen and oxygen atoms in total. The van der Waals surface area contributed by atoms with Gasteiger partial charge < -0.3 is 5.32 Å². The third kappa shape index (κ3) is 2.52. The van der Waals surface area contributed by atoms with Crippen molar-refractivity contribution in [3.05, 3.63) is 39.9 Å². The summed E-state index contributed by atoms with van der Waals surface area (Å²) in [5.74, 6) is 2.06. The molecular formula is C12H9BrN2OS. The van der Waals surface area contributed by atoms with Crippen LogP contribution >= 0.6 is 28.1 Å². The highest BCUT2D eigenvalue weighted by Crippen LogP contribution is 2.30. The lowest BCUT2D eigenvalue weighted by molar-refractivity contribution is -0.120. The van der Waals surface area contributed by atoms with Gasteiger partial charge in [-0.3, -0.25) is 10.2 Å². The molecule has 0 aromatic heterocycles. The zero-order valence-corrected chi connectivity index (χ0v) is 11.2. The number of benzene rings is 1. The third-order valence-electron chi connectivity index (χ3n) is 2.64. The van der Waals surface area contributed by atoms with Crippen LogP contribution in [0.5, 0.6) is 0 Å². The molecule has 1 atom stereocenters. The van der Waals surface area contributed by atoms with Gasteiger partial charge >= 0.3 is 0 Å². The first-order valence-corrected chi connectivity index (χ1v) is 6.21. The van der Waals surface area contributed by atoms with Gasteiger partial charge in [0, 0.05) is 16.8 Å². The third-order valence-corrected chi connectivity index (χ3v) is 3.49. The lowest BCUT2D eigenvalue weighted by Crippen LogP contribution is -2.38. The minimum absolute atomic E-state index is 0.109. The van der Waals surface area contributed by atoms with Crippen molar-refractivity contribution in [3.8, 4) is 0 Å². The Morgan fingerprint density at radius 2 is 2.06 bits per heavy atom. The molecule has 1 heterocycles. The Kier molecular flexibility index (Phi) is 3.52. The first kappa shape index (κ1) is 12.2. The number of thiocarbonyl (C=S) groups is 1. The van der Waals surface area contributed by atoms with Crippen LogP contribution in [0.4, 0.5) is 0 Å². The van der Waals surface area contributed by atoms with Crippen LogP contribution in [-0.2, 0) is 4.79 Å². The van der Waals surface area contributed by atoms with Crippen molar-refractivity contribution in [1.82, 2.24) is 5.32 Å². The van der Waals surface area contributed by atoms with Gasteiger partial charge in [-0.2, -0.15) is 0 Å². The molecule has 1 aromatic carbocycles. The lowest BCUT2D eigenvalue weighted by atomic mass is 9.86. The average molecular weight is 309 g/mol. The van der Waals surface area contributed by atoms with E-state index in [1.165, 1.54) is 0 Å². The van der Waals surface area contributed by atoms with E-state index in [1.807, 2.05) is 24.3 Å². The molecular weight excluding hydrogens is 300 g/mol. The van der Waals surface area contributed by atoms with E-state index in [1.54, 1.807) is 0 Å². The number of hydrogen-bond acceptors (Lipinski definition) is 3. The summed E-state index contributed by atoms with van der Waals surface area (Å²) in [6.45, 7) is 0. The molecule has 0 aliphatic carbocycles. The number of rotatable bonds is 1. The van der Waals surface area contributed by atoms with Crippen molar-refractivity contribution in [2.45, 2.75) is 12.3 Å².